The highest BCUT2D eigenvalue weighted by Gasteiger charge is 2.25. The molecule has 0 saturated carbocycles. The van der Waals surface area contributed by atoms with Crippen molar-refractivity contribution in [2.45, 2.75) is 31.8 Å². The Morgan fingerprint density at radius 1 is 1.44 bits per heavy atom. The lowest BCUT2D eigenvalue weighted by Gasteiger charge is -2.32. The molecule has 0 spiro atoms. The minimum atomic E-state index is -3.03. The molecule has 1 aromatic heterocycles. The van der Waals surface area contributed by atoms with Crippen LogP contribution in [0.15, 0.2) is 22.8 Å². The molecule has 1 atom stereocenters. The molecule has 1 N–H and O–H groups in total. The van der Waals surface area contributed by atoms with Gasteiger partial charge in [0.1, 0.15) is 5.76 Å². The Bertz CT molecular complexity index is 462. The Morgan fingerprint density at radius 3 is 2.61 bits per heavy atom. The number of sulfonamides is 1. The van der Waals surface area contributed by atoms with Crippen molar-refractivity contribution in [1.29, 1.82) is 0 Å². The topological polar surface area (TPSA) is 62.6 Å². The van der Waals surface area contributed by atoms with E-state index >= 15 is 0 Å². The summed E-state index contributed by atoms with van der Waals surface area (Å²) in [6, 6.07) is 4.33. The molecule has 18 heavy (non-hydrogen) atoms. The molecule has 1 aromatic rings. The lowest BCUT2D eigenvalue weighted by atomic mass is 10.1. The van der Waals surface area contributed by atoms with Crippen molar-refractivity contribution >= 4 is 10.0 Å². The van der Waals surface area contributed by atoms with E-state index in [0.717, 1.165) is 18.6 Å². The second kappa shape index (κ2) is 5.42. The molecule has 0 aliphatic carbocycles. The van der Waals surface area contributed by atoms with Gasteiger partial charge in [0, 0.05) is 19.1 Å². The maximum Gasteiger partial charge on any atom is 0.211 e. The molecule has 0 unspecified atom stereocenters. The van der Waals surface area contributed by atoms with E-state index in [9.17, 15) is 8.42 Å². The average molecular weight is 272 g/mol. The summed E-state index contributed by atoms with van der Waals surface area (Å²) in [5.74, 6) is 0.917. The molecule has 0 bridgehead atoms. The standard InChI is InChI=1S/C12H20N2O3S/c1-10(12-4-3-9-17-12)13-11-5-7-14(8-6-11)18(2,15)16/h3-4,9-11,13H,5-8H2,1-2H3/t10-/m0/s1. The molecule has 1 aliphatic heterocycles. The molecule has 0 aromatic carbocycles. The van der Waals surface area contributed by atoms with Gasteiger partial charge in [-0.25, -0.2) is 12.7 Å². The lowest BCUT2D eigenvalue weighted by molar-refractivity contribution is 0.269. The summed E-state index contributed by atoms with van der Waals surface area (Å²) < 4.78 is 29.7. The van der Waals surface area contributed by atoms with Crippen LogP contribution in [-0.2, 0) is 10.0 Å². The predicted molar refractivity (Wildman–Crippen MR) is 69.7 cm³/mol. The Hall–Kier alpha value is -0.850. The van der Waals surface area contributed by atoms with Crippen LogP contribution >= 0.6 is 0 Å². The highest BCUT2D eigenvalue weighted by molar-refractivity contribution is 7.88. The van der Waals surface area contributed by atoms with Gasteiger partial charge in [0.2, 0.25) is 10.0 Å². The van der Waals surface area contributed by atoms with E-state index in [4.69, 9.17) is 4.42 Å². The van der Waals surface area contributed by atoms with Crippen molar-refractivity contribution in [3.63, 3.8) is 0 Å². The van der Waals surface area contributed by atoms with E-state index in [1.165, 1.54) is 6.26 Å². The van der Waals surface area contributed by atoms with Crippen LogP contribution in [0.1, 0.15) is 31.6 Å². The number of piperidine rings is 1. The Balaban J connectivity index is 1.84. The minimum Gasteiger partial charge on any atom is -0.468 e. The van der Waals surface area contributed by atoms with E-state index in [0.29, 0.717) is 19.1 Å². The van der Waals surface area contributed by atoms with E-state index < -0.39 is 10.0 Å². The van der Waals surface area contributed by atoms with Crippen LogP contribution in [-0.4, -0.2) is 38.1 Å². The number of nitrogens with one attached hydrogen (secondary N) is 1. The van der Waals surface area contributed by atoms with Crippen molar-refractivity contribution < 1.29 is 12.8 Å². The zero-order valence-electron chi connectivity index (χ0n) is 10.8. The van der Waals surface area contributed by atoms with Crippen LogP contribution in [0.3, 0.4) is 0 Å². The third-order valence-electron chi connectivity index (χ3n) is 3.38. The minimum absolute atomic E-state index is 0.162. The largest absolute Gasteiger partial charge is 0.468 e. The van der Waals surface area contributed by atoms with Crippen LogP contribution in [0.5, 0.6) is 0 Å². The Morgan fingerprint density at radius 2 is 2.11 bits per heavy atom. The zero-order chi connectivity index (χ0) is 13.2. The average Bonchev–Trinajstić information content (AvgIpc) is 2.82. The molecule has 1 fully saturated rings. The number of nitrogens with zero attached hydrogens (tertiary/aromatic N) is 1. The summed E-state index contributed by atoms with van der Waals surface area (Å²) in [5.41, 5.74) is 0. The monoisotopic (exact) mass is 272 g/mol. The number of hydrogen-bond donors (Lipinski definition) is 1. The molecule has 6 heteroatoms. The van der Waals surface area contributed by atoms with Gasteiger partial charge in [-0.05, 0) is 31.9 Å². The third-order valence-corrected chi connectivity index (χ3v) is 4.68. The molecule has 5 nitrogen and oxygen atoms in total. The molecule has 2 rings (SSSR count). The van der Waals surface area contributed by atoms with Gasteiger partial charge in [-0.1, -0.05) is 0 Å². The number of rotatable bonds is 4. The van der Waals surface area contributed by atoms with E-state index in [-0.39, 0.29) is 6.04 Å². The van der Waals surface area contributed by atoms with Crippen LogP contribution in [0.25, 0.3) is 0 Å². The van der Waals surface area contributed by atoms with Gasteiger partial charge in [0.15, 0.2) is 0 Å². The summed E-state index contributed by atoms with van der Waals surface area (Å²) in [5, 5.41) is 3.48. The maximum atomic E-state index is 11.4. The van der Waals surface area contributed by atoms with Gasteiger partial charge in [-0.3, -0.25) is 0 Å². The summed E-state index contributed by atoms with van der Waals surface area (Å²) in [4.78, 5) is 0. The van der Waals surface area contributed by atoms with Gasteiger partial charge >= 0.3 is 0 Å². The first kappa shape index (κ1) is 13.6. The van der Waals surface area contributed by atoms with Gasteiger partial charge in [-0.15, -0.1) is 0 Å². The summed E-state index contributed by atoms with van der Waals surface area (Å²) in [6.07, 6.45) is 4.63. The Kier molecular flexibility index (Phi) is 4.09. The first-order valence-corrected chi connectivity index (χ1v) is 8.06. The fraction of sp³-hybridized carbons (Fsp3) is 0.667. The van der Waals surface area contributed by atoms with Crippen LogP contribution in [0, 0.1) is 0 Å². The van der Waals surface area contributed by atoms with Gasteiger partial charge in [-0.2, -0.15) is 0 Å². The second-order valence-electron chi connectivity index (χ2n) is 4.84. The molecule has 0 radical (unpaired) electrons. The lowest BCUT2D eigenvalue weighted by Crippen LogP contribution is -2.45. The van der Waals surface area contributed by atoms with Gasteiger partial charge in [0.05, 0.1) is 18.6 Å². The zero-order valence-corrected chi connectivity index (χ0v) is 11.6. The van der Waals surface area contributed by atoms with Crippen molar-refractivity contribution in [3.8, 4) is 0 Å². The molecule has 2 heterocycles. The van der Waals surface area contributed by atoms with Crippen LogP contribution < -0.4 is 5.32 Å². The SMILES string of the molecule is C[C@H](NC1CCN(S(C)(=O)=O)CC1)c1ccco1. The van der Waals surface area contributed by atoms with Crippen LogP contribution in [0.2, 0.25) is 0 Å². The first-order chi connectivity index (χ1) is 8.47. The molecular formula is C12H20N2O3S. The maximum absolute atomic E-state index is 11.4. The van der Waals surface area contributed by atoms with Gasteiger partial charge in [0.25, 0.3) is 0 Å². The Labute approximate surface area is 108 Å². The van der Waals surface area contributed by atoms with E-state index in [2.05, 4.69) is 12.2 Å². The molecule has 102 valence electrons. The van der Waals surface area contributed by atoms with Gasteiger partial charge < -0.3 is 9.73 Å². The molecule has 0 amide bonds. The quantitative estimate of drug-likeness (QED) is 0.899. The molecule has 1 aliphatic rings. The first-order valence-electron chi connectivity index (χ1n) is 6.21. The van der Waals surface area contributed by atoms with Crippen molar-refractivity contribution in [2.24, 2.45) is 0 Å². The number of hydrogen-bond acceptors (Lipinski definition) is 4. The predicted octanol–water partition coefficient (Wildman–Crippen LogP) is 1.35. The number of furan rings is 1. The van der Waals surface area contributed by atoms with Crippen molar-refractivity contribution in [3.05, 3.63) is 24.2 Å². The molecular weight excluding hydrogens is 252 g/mol. The summed E-state index contributed by atoms with van der Waals surface area (Å²) in [7, 11) is -3.03. The van der Waals surface area contributed by atoms with Crippen molar-refractivity contribution in [1.82, 2.24) is 9.62 Å². The van der Waals surface area contributed by atoms with E-state index in [1.807, 2.05) is 12.1 Å². The summed E-state index contributed by atoms with van der Waals surface area (Å²) in [6.45, 7) is 3.25. The van der Waals surface area contributed by atoms with Crippen LogP contribution in [0.4, 0.5) is 0 Å². The fourth-order valence-electron chi connectivity index (χ4n) is 2.33. The van der Waals surface area contributed by atoms with E-state index in [1.54, 1.807) is 10.6 Å². The third kappa shape index (κ3) is 3.34. The smallest absolute Gasteiger partial charge is 0.211 e. The molecule has 1 saturated heterocycles. The summed E-state index contributed by atoms with van der Waals surface area (Å²) >= 11 is 0. The normalized spacial score (nSPS) is 21.0. The highest BCUT2D eigenvalue weighted by Crippen LogP contribution is 2.18. The fourth-order valence-corrected chi connectivity index (χ4v) is 3.20. The highest BCUT2D eigenvalue weighted by atomic mass is 32.2. The van der Waals surface area contributed by atoms with Crippen molar-refractivity contribution in [2.75, 3.05) is 19.3 Å². The second-order valence-corrected chi connectivity index (χ2v) is 6.82.